The lowest BCUT2D eigenvalue weighted by atomic mass is 10.2. The maximum atomic E-state index is 12.6. The first kappa shape index (κ1) is 21.1. The van der Waals surface area contributed by atoms with Crippen molar-refractivity contribution in [1.29, 1.82) is 0 Å². The summed E-state index contributed by atoms with van der Waals surface area (Å²) in [5.74, 6) is 0.691. The average Bonchev–Trinajstić information content (AvgIpc) is 2.75. The number of hydrogen-bond acceptors (Lipinski definition) is 5. The minimum absolute atomic E-state index is 0.0979. The fourth-order valence-electron chi connectivity index (χ4n) is 3.28. The molecule has 154 valence electrons. The van der Waals surface area contributed by atoms with Crippen LogP contribution in [0.5, 0.6) is 11.5 Å². The van der Waals surface area contributed by atoms with Gasteiger partial charge in [0.2, 0.25) is 0 Å². The second-order valence-corrected chi connectivity index (χ2v) is 7.23. The first-order valence-corrected chi connectivity index (χ1v) is 10.1. The zero-order chi connectivity index (χ0) is 20.6. The first-order valence-electron chi connectivity index (χ1n) is 9.69. The van der Waals surface area contributed by atoms with Gasteiger partial charge >= 0.3 is 0 Å². The number of hydrogen-bond donors (Lipinski definition) is 0. The Balaban J connectivity index is 1.51. The fraction of sp³-hybridized carbons (Fsp3) is 0.364. The van der Waals surface area contributed by atoms with E-state index in [4.69, 9.17) is 21.1 Å². The van der Waals surface area contributed by atoms with Crippen molar-refractivity contribution in [2.45, 2.75) is 13.5 Å². The number of carbonyl (C=O) groups is 2. The van der Waals surface area contributed by atoms with Crippen LogP contribution in [-0.4, -0.2) is 61.4 Å². The highest BCUT2D eigenvalue weighted by Crippen LogP contribution is 2.30. The number of benzene rings is 2. The summed E-state index contributed by atoms with van der Waals surface area (Å²) in [4.78, 5) is 28.0. The van der Waals surface area contributed by atoms with E-state index in [1.807, 2.05) is 31.2 Å². The largest absolute Gasteiger partial charge is 0.490 e. The number of halogens is 1. The minimum Gasteiger partial charge on any atom is -0.490 e. The van der Waals surface area contributed by atoms with Crippen molar-refractivity contribution in [2.24, 2.45) is 0 Å². The third-order valence-electron chi connectivity index (χ3n) is 4.82. The van der Waals surface area contributed by atoms with Crippen molar-refractivity contribution in [3.63, 3.8) is 0 Å². The molecule has 0 atom stereocenters. The molecule has 1 saturated heterocycles. The van der Waals surface area contributed by atoms with Crippen molar-refractivity contribution in [1.82, 2.24) is 9.80 Å². The molecule has 0 unspecified atom stereocenters. The van der Waals surface area contributed by atoms with E-state index >= 15 is 0 Å². The van der Waals surface area contributed by atoms with Gasteiger partial charge in [0.15, 0.2) is 24.4 Å². The number of piperazine rings is 1. The molecule has 1 amide bonds. The van der Waals surface area contributed by atoms with Gasteiger partial charge in [-0.1, -0.05) is 29.8 Å². The van der Waals surface area contributed by atoms with Crippen LogP contribution in [0.15, 0.2) is 42.5 Å². The summed E-state index contributed by atoms with van der Waals surface area (Å²) in [6.45, 7) is 5.89. The zero-order valence-electron chi connectivity index (χ0n) is 16.5. The standard InChI is InChI=1S/C22H25ClN2O4/c1-2-28-20-5-3-4-18(15-26)22(20)29-16-21(27)25-12-10-24(11-13-25)14-17-6-8-19(23)9-7-17/h3-9,15H,2,10-14,16H2,1H3. The Kier molecular flexibility index (Phi) is 7.49. The SMILES string of the molecule is CCOc1cccc(C=O)c1OCC(=O)N1CCN(Cc2ccc(Cl)cc2)CC1. The molecule has 0 aromatic heterocycles. The normalized spacial score (nSPS) is 14.5. The Labute approximate surface area is 176 Å². The Hall–Kier alpha value is -2.57. The van der Waals surface area contributed by atoms with Crippen LogP contribution < -0.4 is 9.47 Å². The number of amides is 1. The summed E-state index contributed by atoms with van der Waals surface area (Å²) in [7, 11) is 0. The number of aldehydes is 1. The third kappa shape index (κ3) is 5.71. The summed E-state index contributed by atoms with van der Waals surface area (Å²) in [5, 5.41) is 0.729. The highest BCUT2D eigenvalue weighted by Gasteiger charge is 2.22. The quantitative estimate of drug-likeness (QED) is 0.618. The van der Waals surface area contributed by atoms with E-state index in [-0.39, 0.29) is 12.5 Å². The molecule has 1 aliphatic heterocycles. The monoisotopic (exact) mass is 416 g/mol. The molecule has 3 rings (SSSR count). The molecule has 0 saturated carbocycles. The predicted molar refractivity (Wildman–Crippen MR) is 112 cm³/mol. The minimum atomic E-state index is -0.123. The molecule has 0 spiro atoms. The van der Waals surface area contributed by atoms with E-state index in [1.54, 1.807) is 23.1 Å². The van der Waals surface area contributed by atoms with Crippen molar-refractivity contribution in [2.75, 3.05) is 39.4 Å². The van der Waals surface area contributed by atoms with Crippen LogP contribution in [0.1, 0.15) is 22.8 Å². The molecule has 0 N–H and O–H groups in total. The molecule has 2 aromatic carbocycles. The van der Waals surface area contributed by atoms with Gasteiger partial charge in [0.25, 0.3) is 5.91 Å². The number of rotatable bonds is 8. The molecule has 1 heterocycles. The highest BCUT2D eigenvalue weighted by atomic mass is 35.5. The van der Waals surface area contributed by atoms with Gasteiger partial charge in [-0.3, -0.25) is 14.5 Å². The van der Waals surface area contributed by atoms with Gasteiger partial charge < -0.3 is 14.4 Å². The number of ether oxygens (including phenoxy) is 2. The van der Waals surface area contributed by atoms with Crippen molar-refractivity contribution >= 4 is 23.8 Å². The van der Waals surface area contributed by atoms with Crippen molar-refractivity contribution in [3.8, 4) is 11.5 Å². The maximum Gasteiger partial charge on any atom is 0.260 e. The Bertz CT molecular complexity index is 833. The lowest BCUT2D eigenvalue weighted by Gasteiger charge is -2.34. The van der Waals surface area contributed by atoms with Crippen molar-refractivity contribution in [3.05, 3.63) is 58.6 Å². The number of nitrogens with zero attached hydrogens (tertiary/aromatic N) is 2. The predicted octanol–water partition coefficient (Wildman–Crippen LogP) is 3.27. The average molecular weight is 417 g/mol. The number of carbonyl (C=O) groups excluding carboxylic acids is 2. The summed E-state index contributed by atoms with van der Waals surface area (Å²) < 4.78 is 11.2. The second kappa shape index (κ2) is 10.3. The zero-order valence-corrected chi connectivity index (χ0v) is 17.2. The number of para-hydroxylation sites is 1. The molecule has 1 aliphatic rings. The summed E-state index contributed by atoms with van der Waals surface area (Å²) in [5.41, 5.74) is 1.57. The van der Waals surface area contributed by atoms with Gasteiger partial charge in [0.05, 0.1) is 12.2 Å². The summed E-state index contributed by atoms with van der Waals surface area (Å²) in [6, 6.07) is 12.9. The van der Waals surface area contributed by atoms with Crippen LogP contribution in [0, 0.1) is 0 Å². The molecular weight excluding hydrogens is 392 g/mol. The Morgan fingerprint density at radius 1 is 1.07 bits per heavy atom. The summed E-state index contributed by atoms with van der Waals surface area (Å²) in [6.07, 6.45) is 0.706. The van der Waals surface area contributed by atoms with E-state index in [2.05, 4.69) is 4.90 Å². The van der Waals surface area contributed by atoms with E-state index in [9.17, 15) is 9.59 Å². The van der Waals surface area contributed by atoms with Crippen LogP contribution in [0.3, 0.4) is 0 Å². The van der Waals surface area contributed by atoms with E-state index < -0.39 is 0 Å². The fourth-order valence-corrected chi connectivity index (χ4v) is 3.40. The van der Waals surface area contributed by atoms with Gasteiger partial charge in [0.1, 0.15) is 0 Å². The van der Waals surface area contributed by atoms with Crippen LogP contribution in [0.2, 0.25) is 5.02 Å². The van der Waals surface area contributed by atoms with Gasteiger partial charge in [0, 0.05) is 37.7 Å². The van der Waals surface area contributed by atoms with Gasteiger partial charge in [-0.25, -0.2) is 0 Å². The van der Waals surface area contributed by atoms with Crippen LogP contribution in [0.4, 0.5) is 0 Å². The third-order valence-corrected chi connectivity index (χ3v) is 5.07. The molecule has 7 heteroatoms. The summed E-state index contributed by atoms with van der Waals surface area (Å²) >= 11 is 5.93. The van der Waals surface area contributed by atoms with Crippen LogP contribution >= 0.6 is 11.6 Å². The Morgan fingerprint density at radius 3 is 2.45 bits per heavy atom. The molecule has 29 heavy (non-hydrogen) atoms. The lowest BCUT2D eigenvalue weighted by Crippen LogP contribution is -2.49. The molecule has 0 aliphatic carbocycles. The second-order valence-electron chi connectivity index (χ2n) is 6.80. The van der Waals surface area contributed by atoms with Gasteiger partial charge in [-0.05, 0) is 36.8 Å². The molecule has 6 nitrogen and oxygen atoms in total. The van der Waals surface area contributed by atoms with E-state index in [1.165, 1.54) is 5.56 Å². The van der Waals surface area contributed by atoms with Crippen LogP contribution in [-0.2, 0) is 11.3 Å². The molecule has 0 bridgehead atoms. The smallest absolute Gasteiger partial charge is 0.260 e. The molecular formula is C22H25ClN2O4. The van der Waals surface area contributed by atoms with Gasteiger partial charge in [-0.15, -0.1) is 0 Å². The highest BCUT2D eigenvalue weighted by molar-refractivity contribution is 6.30. The van der Waals surface area contributed by atoms with E-state index in [0.717, 1.165) is 24.7 Å². The van der Waals surface area contributed by atoms with Crippen molar-refractivity contribution < 1.29 is 19.1 Å². The van der Waals surface area contributed by atoms with Crippen LogP contribution in [0.25, 0.3) is 0 Å². The maximum absolute atomic E-state index is 12.6. The Morgan fingerprint density at radius 2 is 1.79 bits per heavy atom. The molecule has 2 aromatic rings. The van der Waals surface area contributed by atoms with Gasteiger partial charge in [-0.2, -0.15) is 0 Å². The topological polar surface area (TPSA) is 59.1 Å². The van der Waals surface area contributed by atoms with E-state index in [0.29, 0.717) is 43.0 Å². The lowest BCUT2D eigenvalue weighted by molar-refractivity contribution is -0.135. The first-order chi connectivity index (χ1) is 14.1. The molecule has 0 radical (unpaired) electrons. The molecule has 1 fully saturated rings.